The van der Waals surface area contributed by atoms with Gasteiger partial charge in [0.15, 0.2) is 6.61 Å². The van der Waals surface area contributed by atoms with Crippen LogP contribution in [0.3, 0.4) is 0 Å². The maximum atomic E-state index is 11.8. The Labute approximate surface area is 135 Å². The molecule has 24 heavy (non-hydrogen) atoms. The Hall–Kier alpha value is -3.62. The van der Waals surface area contributed by atoms with E-state index in [0.717, 1.165) is 12.1 Å². The third-order valence-electron chi connectivity index (χ3n) is 2.94. The lowest BCUT2D eigenvalue weighted by Crippen LogP contribution is -2.20. The molecule has 3 N–H and O–H groups in total. The van der Waals surface area contributed by atoms with Gasteiger partial charge >= 0.3 is 5.97 Å². The van der Waals surface area contributed by atoms with Gasteiger partial charge < -0.3 is 20.3 Å². The van der Waals surface area contributed by atoms with E-state index >= 15 is 0 Å². The summed E-state index contributed by atoms with van der Waals surface area (Å²) in [6.45, 7) is -0.422. The van der Waals surface area contributed by atoms with Gasteiger partial charge in [0.2, 0.25) is 0 Å². The molecule has 0 fully saturated rings. The fraction of sp³-hybridized carbons (Fsp3) is 0.0667. The highest BCUT2D eigenvalue weighted by molar-refractivity contribution is 5.96. The summed E-state index contributed by atoms with van der Waals surface area (Å²) in [5.41, 5.74) is -0.270. The van der Waals surface area contributed by atoms with Gasteiger partial charge in [0.05, 0.1) is 16.2 Å². The predicted octanol–water partition coefficient (Wildman–Crippen LogP) is 2.02. The van der Waals surface area contributed by atoms with E-state index in [9.17, 15) is 24.8 Å². The minimum atomic E-state index is -1.20. The van der Waals surface area contributed by atoms with E-state index in [1.165, 1.54) is 30.3 Å². The molecule has 2 aromatic carbocycles. The fourth-order valence-electron chi connectivity index (χ4n) is 1.77. The van der Waals surface area contributed by atoms with Gasteiger partial charge in [0.1, 0.15) is 11.5 Å². The number of benzene rings is 2. The van der Waals surface area contributed by atoms with Crippen molar-refractivity contribution in [1.29, 1.82) is 0 Å². The van der Waals surface area contributed by atoms with Gasteiger partial charge in [-0.25, -0.2) is 4.79 Å². The van der Waals surface area contributed by atoms with Crippen molar-refractivity contribution in [1.82, 2.24) is 0 Å². The quantitative estimate of drug-likeness (QED) is 0.417. The third-order valence-corrected chi connectivity index (χ3v) is 2.94. The molecule has 0 aromatic heterocycles. The van der Waals surface area contributed by atoms with Crippen molar-refractivity contribution in [2.75, 3.05) is 11.9 Å². The van der Waals surface area contributed by atoms with E-state index < -0.39 is 23.4 Å². The van der Waals surface area contributed by atoms with Crippen molar-refractivity contribution in [3.05, 3.63) is 58.1 Å². The Bertz CT molecular complexity index is 787. The van der Waals surface area contributed by atoms with Gasteiger partial charge in [-0.3, -0.25) is 14.9 Å². The lowest BCUT2D eigenvalue weighted by Gasteiger charge is -2.09. The second kappa shape index (κ2) is 7.09. The second-order valence-electron chi connectivity index (χ2n) is 4.62. The summed E-state index contributed by atoms with van der Waals surface area (Å²) < 4.78 is 5.16. The number of carbonyl (C=O) groups is 2. The maximum absolute atomic E-state index is 11.8. The number of nitro groups is 1. The number of nitro benzene ring substituents is 1. The molecular formula is C15H12N2O7. The number of carbonyl (C=O) groups excluding carboxylic acids is 1. The summed E-state index contributed by atoms with van der Waals surface area (Å²) in [6, 6.07) is 8.60. The highest BCUT2D eigenvalue weighted by atomic mass is 16.6. The van der Waals surface area contributed by atoms with Gasteiger partial charge in [-0.15, -0.1) is 0 Å². The van der Waals surface area contributed by atoms with Crippen molar-refractivity contribution in [3.63, 3.8) is 0 Å². The van der Waals surface area contributed by atoms with Crippen molar-refractivity contribution in [2.45, 2.75) is 0 Å². The molecule has 0 spiro atoms. The van der Waals surface area contributed by atoms with Crippen molar-refractivity contribution < 1.29 is 29.5 Å². The highest BCUT2D eigenvalue weighted by Gasteiger charge is 2.11. The maximum Gasteiger partial charge on any atom is 0.335 e. The number of anilines is 1. The topological polar surface area (TPSA) is 139 Å². The van der Waals surface area contributed by atoms with Crippen LogP contribution in [0, 0.1) is 10.1 Å². The molecule has 2 aromatic rings. The highest BCUT2D eigenvalue weighted by Crippen LogP contribution is 2.24. The number of rotatable bonds is 6. The molecule has 9 nitrogen and oxygen atoms in total. The van der Waals surface area contributed by atoms with Crippen LogP contribution in [0.25, 0.3) is 0 Å². The summed E-state index contributed by atoms with van der Waals surface area (Å²) >= 11 is 0. The molecule has 124 valence electrons. The summed E-state index contributed by atoms with van der Waals surface area (Å²) in [7, 11) is 0. The van der Waals surface area contributed by atoms with E-state index in [1.54, 1.807) is 0 Å². The van der Waals surface area contributed by atoms with Gasteiger partial charge in [0.25, 0.3) is 11.6 Å². The largest absolute Gasteiger partial charge is 0.506 e. The zero-order valence-electron chi connectivity index (χ0n) is 12.1. The van der Waals surface area contributed by atoms with E-state index in [1.807, 2.05) is 0 Å². The molecule has 0 unspecified atom stereocenters. The number of phenolic OH excluding ortho intramolecular Hbond substituents is 1. The number of carboxylic acid groups (broad SMARTS) is 1. The Morgan fingerprint density at radius 2 is 1.83 bits per heavy atom. The molecule has 0 saturated heterocycles. The molecule has 0 atom stereocenters. The van der Waals surface area contributed by atoms with Crippen LogP contribution in [0.5, 0.6) is 11.5 Å². The van der Waals surface area contributed by atoms with E-state index in [0.29, 0.717) is 0 Å². The smallest absolute Gasteiger partial charge is 0.335 e. The normalized spacial score (nSPS) is 10.0. The molecule has 0 heterocycles. The molecule has 0 aliphatic rings. The van der Waals surface area contributed by atoms with Crippen LogP contribution in [0.15, 0.2) is 42.5 Å². The molecule has 0 radical (unpaired) electrons. The van der Waals surface area contributed by atoms with E-state index in [-0.39, 0.29) is 28.4 Å². The van der Waals surface area contributed by atoms with Crippen LogP contribution in [0.2, 0.25) is 0 Å². The number of nitrogens with one attached hydrogen (secondary N) is 1. The minimum Gasteiger partial charge on any atom is -0.506 e. The number of amides is 1. The molecule has 0 bridgehead atoms. The first-order valence-corrected chi connectivity index (χ1v) is 6.60. The Kier molecular flexibility index (Phi) is 4.95. The van der Waals surface area contributed by atoms with Crippen molar-refractivity contribution in [2.24, 2.45) is 0 Å². The zero-order chi connectivity index (χ0) is 17.7. The first-order chi connectivity index (χ1) is 11.4. The number of ether oxygens (including phenoxy) is 1. The lowest BCUT2D eigenvalue weighted by atomic mass is 10.2. The van der Waals surface area contributed by atoms with E-state index in [4.69, 9.17) is 9.84 Å². The van der Waals surface area contributed by atoms with Crippen LogP contribution < -0.4 is 10.1 Å². The second-order valence-corrected chi connectivity index (χ2v) is 4.62. The van der Waals surface area contributed by atoms with Crippen LogP contribution >= 0.6 is 0 Å². The predicted molar refractivity (Wildman–Crippen MR) is 82.3 cm³/mol. The molecule has 0 saturated carbocycles. The fourth-order valence-corrected chi connectivity index (χ4v) is 1.77. The number of phenols is 1. The first kappa shape index (κ1) is 16.7. The van der Waals surface area contributed by atoms with E-state index in [2.05, 4.69) is 5.32 Å². The molecule has 9 heteroatoms. The molecule has 1 amide bonds. The summed E-state index contributed by atoms with van der Waals surface area (Å²) in [4.78, 5) is 32.6. The summed E-state index contributed by atoms with van der Waals surface area (Å²) in [5, 5.41) is 31.3. The van der Waals surface area contributed by atoms with Gasteiger partial charge in [-0.05, 0) is 30.3 Å². The Morgan fingerprint density at radius 3 is 2.42 bits per heavy atom. The van der Waals surface area contributed by atoms with Gasteiger partial charge in [-0.1, -0.05) is 0 Å². The molecule has 0 aliphatic heterocycles. The summed E-state index contributed by atoms with van der Waals surface area (Å²) in [6.07, 6.45) is 0. The number of nitrogens with zero attached hydrogens (tertiary/aromatic N) is 1. The number of non-ortho nitro benzene ring substituents is 1. The zero-order valence-corrected chi connectivity index (χ0v) is 12.1. The van der Waals surface area contributed by atoms with Gasteiger partial charge in [0, 0.05) is 12.1 Å². The van der Waals surface area contributed by atoms with Crippen LogP contribution in [-0.2, 0) is 4.79 Å². The third kappa shape index (κ3) is 4.19. The average molecular weight is 332 g/mol. The molecule has 2 rings (SSSR count). The summed E-state index contributed by atoms with van der Waals surface area (Å²) in [5.74, 6) is -1.87. The monoisotopic (exact) mass is 332 g/mol. The number of carboxylic acids is 1. The first-order valence-electron chi connectivity index (χ1n) is 6.60. The van der Waals surface area contributed by atoms with Crippen LogP contribution in [0.4, 0.5) is 11.4 Å². The molecule has 0 aliphatic carbocycles. The molecular weight excluding hydrogens is 320 g/mol. The average Bonchev–Trinajstić information content (AvgIpc) is 2.55. The SMILES string of the molecule is O=C(COc1ccc([N+](=O)[O-])cc1)Nc1cc(C(=O)O)ccc1O. The van der Waals surface area contributed by atoms with Gasteiger partial charge in [-0.2, -0.15) is 0 Å². The van der Waals surface area contributed by atoms with Crippen molar-refractivity contribution >= 4 is 23.3 Å². The number of aromatic hydroxyl groups is 1. The minimum absolute atomic E-state index is 0.0628. The number of hydrogen-bond acceptors (Lipinski definition) is 6. The standard InChI is InChI=1S/C15H12N2O7/c18-13-6-1-9(15(20)21)7-12(13)16-14(19)8-24-11-4-2-10(3-5-11)17(22)23/h1-7,18H,8H2,(H,16,19)(H,20,21). The van der Waals surface area contributed by atoms with Crippen molar-refractivity contribution in [3.8, 4) is 11.5 Å². The van der Waals surface area contributed by atoms with Crippen LogP contribution in [0.1, 0.15) is 10.4 Å². The lowest BCUT2D eigenvalue weighted by molar-refractivity contribution is -0.384. The Balaban J connectivity index is 1.97. The van der Waals surface area contributed by atoms with Crippen LogP contribution in [-0.4, -0.2) is 33.6 Å². The number of hydrogen-bond donors (Lipinski definition) is 3. The Morgan fingerprint density at radius 1 is 1.17 bits per heavy atom. The number of aromatic carboxylic acids is 1.